The number of fused-ring (bicyclic) bond motifs is 1. The molecule has 1 heterocycles. The third-order valence-electron chi connectivity index (χ3n) is 3.15. The van der Waals surface area contributed by atoms with Gasteiger partial charge in [0.1, 0.15) is 12.4 Å². The summed E-state index contributed by atoms with van der Waals surface area (Å²) in [7, 11) is 0. The van der Waals surface area contributed by atoms with Crippen molar-refractivity contribution >= 4 is 5.69 Å². The lowest BCUT2D eigenvalue weighted by Crippen LogP contribution is -2.33. The first-order valence-electron chi connectivity index (χ1n) is 6.56. The van der Waals surface area contributed by atoms with E-state index in [0.717, 1.165) is 44.8 Å². The SMILES string of the molecule is CCCN1CCOc2ccc(CCCN)cc21. The summed E-state index contributed by atoms with van der Waals surface area (Å²) in [6.07, 6.45) is 3.28. The lowest BCUT2D eigenvalue weighted by atomic mass is 10.1. The fraction of sp³-hybridized carbons (Fsp3) is 0.571. The number of benzene rings is 1. The molecule has 0 spiro atoms. The van der Waals surface area contributed by atoms with Crippen LogP contribution in [-0.2, 0) is 6.42 Å². The molecule has 3 nitrogen and oxygen atoms in total. The van der Waals surface area contributed by atoms with Crippen LogP contribution in [0.15, 0.2) is 18.2 Å². The Morgan fingerprint density at radius 3 is 3.06 bits per heavy atom. The van der Waals surface area contributed by atoms with Crippen LogP contribution in [0.4, 0.5) is 5.69 Å². The monoisotopic (exact) mass is 234 g/mol. The molecule has 17 heavy (non-hydrogen) atoms. The Balaban J connectivity index is 2.18. The summed E-state index contributed by atoms with van der Waals surface area (Å²) in [5.74, 6) is 1.03. The standard InChI is InChI=1S/C14H22N2O/c1-2-8-16-9-10-17-14-6-5-12(4-3-7-15)11-13(14)16/h5-6,11H,2-4,7-10,15H2,1H3. The van der Waals surface area contributed by atoms with E-state index in [4.69, 9.17) is 10.5 Å². The van der Waals surface area contributed by atoms with Crippen LogP contribution in [0.5, 0.6) is 5.75 Å². The number of hydrogen-bond acceptors (Lipinski definition) is 3. The molecule has 94 valence electrons. The van der Waals surface area contributed by atoms with Crippen molar-refractivity contribution in [3.8, 4) is 5.75 Å². The molecule has 0 bridgehead atoms. The Hall–Kier alpha value is -1.22. The molecule has 0 saturated carbocycles. The van der Waals surface area contributed by atoms with Gasteiger partial charge in [-0.1, -0.05) is 13.0 Å². The van der Waals surface area contributed by atoms with E-state index in [1.165, 1.54) is 17.7 Å². The van der Waals surface area contributed by atoms with Crippen LogP contribution in [0, 0.1) is 0 Å². The van der Waals surface area contributed by atoms with Crippen molar-refractivity contribution in [1.82, 2.24) is 0 Å². The van der Waals surface area contributed by atoms with Crippen molar-refractivity contribution < 1.29 is 4.74 Å². The number of nitrogens with zero attached hydrogens (tertiary/aromatic N) is 1. The number of aryl methyl sites for hydroxylation is 1. The number of nitrogens with two attached hydrogens (primary N) is 1. The third kappa shape index (κ3) is 2.91. The number of anilines is 1. The maximum atomic E-state index is 5.69. The van der Waals surface area contributed by atoms with Crippen LogP contribution < -0.4 is 15.4 Å². The Morgan fingerprint density at radius 2 is 2.29 bits per heavy atom. The number of rotatable bonds is 5. The van der Waals surface area contributed by atoms with Crippen LogP contribution in [0.25, 0.3) is 0 Å². The Labute approximate surface area is 104 Å². The van der Waals surface area contributed by atoms with Crippen molar-refractivity contribution in [2.24, 2.45) is 5.73 Å². The predicted molar refractivity (Wildman–Crippen MR) is 71.8 cm³/mol. The predicted octanol–water partition coefficient (Wildman–Crippen LogP) is 2.19. The normalized spacial score (nSPS) is 14.4. The van der Waals surface area contributed by atoms with E-state index in [-0.39, 0.29) is 0 Å². The highest BCUT2D eigenvalue weighted by Gasteiger charge is 2.17. The molecule has 0 unspecified atom stereocenters. The molecule has 2 rings (SSSR count). The summed E-state index contributed by atoms with van der Waals surface area (Å²) >= 11 is 0. The first-order valence-corrected chi connectivity index (χ1v) is 6.56. The molecular weight excluding hydrogens is 212 g/mol. The highest BCUT2D eigenvalue weighted by molar-refractivity contribution is 5.61. The van der Waals surface area contributed by atoms with Gasteiger partial charge in [-0.3, -0.25) is 0 Å². The fourth-order valence-corrected chi connectivity index (χ4v) is 2.28. The molecule has 0 radical (unpaired) electrons. The molecule has 0 atom stereocenters. The van der Waals surface area contributed by atoms with Gasteiger partial charge in [0, 0.05) is 6.54 Å². The van der Waals surface area contributed by atoms with Gasteiger partial charge in [-0.2, -0.15) is 0 Å². The van der Waals surface area contributed by atoms with Crippen LogP contribution in [0.1, 0.15) is 25.3 Å². The molecule has 1 aliphatic rings. The van der Waals surface area contributed by atoms with Crippen LogP contribution >= 0.6 is 0 Å². The van der Waals surface area contributed by atoms with Crippen molar-refractivity contribution in [2.45, 2.75) is 26.2 Å². The second-order valence-electron chi connectivity index (χ2n) is 4.53. The van der Waals surface area contributed by atoms with Gasteiger partial charge in [0.05, 0.1) is 12.2 Å². The maximum absolute atomic E-state index is 5.69. The summed E-state index contributed by atoms with van der Waals surface area (Å²) in [6, 6.07) is 6.52. The summed E-state index contributed by atoms with van der Waals surface area (Å²) < 4.78 is 5.69. The van der Waals surface area contributed by atoms with Gasteiger partial charge in [0.2, 0.25) is 0 Å². The smallest absolute Gasteiger partial charge is 0.142 e. The molecule has 0 fully saturated rings. The lowest BCUT2D eigenvalue weighted by Gasteiger charge is -2.31. The minimum atomic E-state index is 0.756. The summed E-state index contributed by atoms with van der Waals surface area (Å²) in [6.45, 7) is 5.88. The van der Waals surface area contributed by atoms with Crippen molar-refractivity contribution in [3.63, 3.8) is 0 Å². The third-order valence-corrected chi connectivity index (χ3v) is 3.15. The minimum Gasteiger partial charge on any atom is -0.490 e. The second kappa shape index (κ2) is 5.92. The summed E-state index contributed by atoms with van der Waals surface area (Å²) in [5.41, 5.74) is 8.17. The Bertz CT molecular complexity index is 365. The quantitative estimate of drug-likeness (QED) is 0.848. The Morgan fingerprint density at radius 1 is 1.41 bits per heavy atom. The maximum Gasteiger partial charge on any atom is 0.142 e. The molecule has 1 aromatic rings. The van der Waals surface area contributed by atoms with Crippen LogP contribution in [0.2, 0.25) is 0 Å². The molecular formula is C14H22N2O. The van der Waals surface area contributed by atoms with E-state index in [1.807, 2.05) is 0 Å². The van der Waals surface area contributed by atoms with Gasteiger partial charge in [-0.05, 0) is 43.5 Å². The minimum absolute atomic E-state index is 0.756. The molecule has 0 amide bonds. The van der Waals surface area contributed by atoms with Gasteiger partial charge in [0.25, 0.3) is 0 Å². The second-order valence-corrected chi connectivity index (χ2v) is 4.53. The first-order chi connectivity index (χ1) is 8.35. The van der Waals surface area contributed by atoms with E-state index in [2.05, 4.69) is 30.0 Å². The zero-order chi connectivity index (χ0) is 12.1. The molecule has 1 aliphatic heterocycles. The molecule has 0 aromatic heterocycles. The fourth-order valence-electron chi connectivity index (χ4n) is 2.28. The van der Waals surface area contributed by atoms with Gasteiger partial charge in [-0.25, -0.2) is 0 Å². The highest BCUT2D eigenvalue weighted by atomic mass is 16.5. The van der Waals surface area contributed by atoms with E-state index in [9.17, 15) is 0 Å². The first kappa shape index (κ1) is 12.2. The highest BCUT2D eigenvalue weighted by Crippen LogP contribution is 2.32. The topological polar surface area (TPSA) is 38.5 Å². The molecule has 0 aliphatic carbocycles. The van der Waals surface area contributed by atoms with Crippen molar-refractivity contribution in [3.05, 3.63) is 23.8 Å². The van der Waals surface area contributed by atoms with Crippen molar-refractivity contribution in [1.29, 1.82) is 0 Å². The average molecular weight is 234 g/mol. The van der Waals surface area contributed by atoms with Gasteiger partial charge < -0.3 is 15.4 Å². The largest absolute Gasteiger partial charge is 0.490 e. The van der Waals surface area contributed by atoms with Crippen LogP contribution in [-0.4, -0.2) is 26.2 Å². The number of hydrogen-bond donors (Lipinski definition) is 1. The van der Waals surface area contributed by atoms with Gasteiger partial charge in [-0.15, -0.1) is 0 Å². The van der Waals surface area contributed by atoms with E-state index in [0.29, 0.717) is 0 Å². The average Bonchev–Trinajstić information content (AvgIpc) is 2.37. The molecule has 2 N–H and O–H groups in total. The van der Waals surface area contributed by atoms with Gasteiger partial charge >= 0.3 is 0 Å². The van der Waals surface area contributed by atoms with E-state index in [1.54, 1.807) is 0 Å². The van der Waals surface area contributed by atoms with Gasteiger partial charge in [0.15, 0.2) is 0 Å². The number of ether oxygens (including phenoxy) is 1. The zero-order valence-electron chi connectivity index (χ0n) is 10.6. The molecule has 3 heteroatoms. The summed E-state index contributed by atoms with van der Waals surface area (Å²) in [4.78, 5) is 2.42. The molecule has 1 aromatic carbocycles. The Kier molecular flexibility index (Phi) is 4.26. The molecule has 0 saturated heterocycles. The van der Waals surface area contributed by atoms with E-state index >= 15 is 0 Å². The van der Waals surface area contributed by atoms with Crippen molar-refractivity contribution in [2.75, 3.05) is 31.1 Å². The van der Waals surface area contributed by atoms with E-state index < -0.39 is 0 Å². The zero-order valence-corrected chi connectivity index (χ0v) is 10.6. The van der Waals surface area contributed by atoms with Crippen LogP contribution in [0.3, 0.4) is 0 Å². The summed E-state index contributed by atoms with van der Waals surface area (Å²) in [5, 5.41) is 0. The lowest BCUT2D eigenvalue weighted by molar-refractivity contribution is 0.307.